The van der Waals surface area contributed by atoms with Crippen LogP contribution in [0.3, 0.4) is 0 Å². The summed E-state index contributed by atoms with van der Waals surface area (Å²) < 4.78 is 0. The lowest BCUT2D eigenvalue weighted by Crippen LogP contribution is -2.28. The van der Waals surface area contributed by atoms with Crippen molar-refractivity contribution in [1.82, 2.24) is 5.32 Å². The van der Waals surface area contributed by atoms with Crippen molar-refractivity contribution in [3.05, 3.63) is 65.2 Å². The number of rotatable bonds is 5. The Morgan fingerprint density at radius 1 is 1.17 bits per heavy atom. The van der Waals surface area contributed by atoms with Gasteiger partial charge in [0.25, 0.3) is 0 Å². The smallest absolute Gasteiger partial charge is 0.404 e. The van der Waals surface area contributed by atoms with Gasteiger partial charge >= 0.3 is 6.09 Å². The van der Waals surface area contributed by atoms with Crippen LogP contribution in [0.4, 0.5) is 10.5 Å². The monoisotopic (exact) mass is 310 g/mol. The molecule has 1 aliphatic carbocycles. The molecule has 0 saturated heterocycles. The maximum Gasteiger partial charge on any atom is 0.404 e. The third-order valence-corrected chi connectivity index (χ3v) is 4.42. The molecule has 0 aliphatic heterocycles. The van der Waals surface area contributed by atoms with Crippen molar-refractivity contribution in [2.75, 3.05) is 11.9 Å². The van der Waals surface area contributed by atoms with Gasteiger partial charge < -0.3 is 15.7 Å². The number of hydrogen-bond acceptors (Lipinski definition) is 2. The van der Waals surface area contributed by atoms with E-state index in [0.29, 0.717) is 6.54 Å². The highest BCUT2D eigenvalue weighted by atomic mass is 16.4. The van der Waals surface area contributed by atoms with Gasteiger partial charge in [-0.3, -0.25) is 0 Å². The molecule has 1 atom stereocenters. The fourth-order valence-electron chi connectivity index (χ4n) is 3.25. The van der Waals surface area contributed by atoms with Gasteiger partial charge in [0.2, 0.25) is 0 Å². The number of carboxylic acid groups (broad SMARTS) is 1. The molecule has 0 saturated carbocycles. The van der Waals surface area contributed by atoms with Crippen LogP contribution in [0, 0.1) is 0 Å². The molecule has 1 amide bonds. The van der Waals surface area contributed by atoms with Crippen molar-refractivity contribution in [2.45, 2.75) is 31.7 Å². The van der Waals surface area contributed by atoms with Crippen LogP contribution in [-0.4, -0.2) is 17.7 Å². The van der Waals surface area contributed by atoms with E-state index in [9.17, 15) is 4.79 Å². The predicted octanol–water partition coefficient (Wildman–Crippen LogP) is 3.99. The van der Waals surface area contributed by atoms with Gasteiger partial charge in [0.05, 0.1) is 0 Å². The van der Waals surface area contributed by atoms with Gasteiger partial charge in [-0.1, -0.05) is 36.4 Å². The lowest BCUT2D eigenvalue weighted by molar-refractivity contribution is 0.193. The molecule has 23 heavy (non-hydrogen) atoms. The van der Waals surface area contributed by atoms with E-state index in [1.165, 1.54) is 16.7 Å². The number of nitrogens with one attached hydrogen (secondary N) is 2. The summed E-state index contributed by atoms with van der Waals surface area (Å²) in [6.07, 6.45) is 2.28. The Morgan fingerprint density at radius 3 is 2.78 bits per heavy atom. The Bertz CT molecular complexity index is 670. The van der Waals surface area contributed by atoms with Gasteiger partial charge in [-0.25, -0.2) is 4.79 Å². The lowest BCUT2D eigenvalue weighted by Gasteiger charge is -2.26. The molecular weight excluding hydrogens is 288 g/mol. The number of anilines is 1. The Labute approximate surface area is 136 Å². The molecule has 0 heterocycles. The molecule has 0 aromatic heterocycles. The number of carbonyl (C=O) groups is 1. The fourth-order valence-corrected chi connectivity index (χ4v) is 3.25. The zero-order chi connectivity index (χ0) is 16.1. The van der Waals surface area contributed by atoms with Gasteiger partial charge in [-0.2, -0.15) is 0 Å². The van der Waals surface area contributed by atoms with Crippen molar-refractivity contribution in [3.8, 4) is 0 Å². The lowest BCUT2D eigenvalue weighted by atomic mass is 9.82. The van der Waals surface area contributed by atoms with Crippen molar-refractivity contribution >= 4 is 11.8 Å². The first-order valence-electron chi connectivity index (χ1n) is 8.10. The van der Waals surface area contributed by atoms with E-state index in [1.54, 1.807) is 0 Å². The average molecular weight is 310 g/mol. The minimum atomic E-state index is -0.946. The second-order valence-corrected chi connectivity index (χ2v) is 6.03. The van der Waals surface area contributed by atoms with E-state index in [2.05, 4.69) is 41.0 Å². The molecule has 0 unspecified atom stereocenters. The highest BCUT2D eigenvalue weighted by Gasteiger charge is 2.20. The number of aryl methyl sites for hydroxylation is 1. The van der Waals surface area contributed by atoms with Gasteiger partial charge in [-0.05, 0) is 48.1 Å². The van der Waals surface area contributed by atoms with E-state index in [1.807, 2.05) is 18.2 Å². The zero-order valence-electron chi connectivity index (χ0n) is 13.1. The predicted molar refractivity (Wildman–Crippen MR) is 91.9 cm³/mol. The maximum absolute atomic E-state index is 10.7. The average Bonchev–Trinajstić information content (AvgIpc) is 2.58. The molecule has 0 bridgehead atoms. The molecule has 2 aromatic carbocycles. The Morgan fingerprint density at radius 2 is 2.00 bits per heavy atom. The topological polar surface area (TPSA) is 61.4 Å². The van der Waals surface area contributed by atoms with Crippen LogP contribution in [-0.2, 0) is 13.0 Å². The normalized spacial score (nSPS) is 16.4. The van der Waals surface area contributed by atoms with Crippen LogP contribution >= 0.6 is 0 Å². The summed E-state index contributed by atoms with van der Waals surface area (Å²) in [5.41, 5.74) is 5.01. The van der Waals surface area contributed by atoms with Crippen molar-refractivity contribution < 1.29 is 9.90 Å². The molecule has 2 aromatic rings. The Hall–Kier alpha value is -2.49. The maximum atomic E-state index is 10.7. The van der Waals surface area contributed by atoms with Crippen molar-refractivity contribution in [1.29, 1.82) is 0 Å². The molecule has 0 spiro atoms. The molecule has 4 nitrogen and oxygen atoms in total. The SMILES string of the molecule is O=C(O)NC[C@@H]1CCCc2cc(NCc3ccccc3)ccc21. The van der Waals surface area contributed by atoms with Crippen LogP contribution in [0.5, 0.6) is 0 Å². The number of amides is 1. The second-order valence-electron chi connectivity index (χ2n) is 6.03. The van der Waals surface area contributed by atoms with Crippen LogP contribution in [0.1, 0.15) is 35.4 Å². The highest BCUT2D eigenvalue weighted by Crippen LogP contribution is 2.32. The molecule has 4 heteroatoms. The number of hydrogen-bond donors (Lipinski definition) is 3. The third kappa shape index (κ3) is 4.03. The minimum Gasteiger partial charge on any atom is -0.465 e. The van der Waals surface area contributed by atoms with E-state index >= 15 is 0 Å². The summed E-state index contributed by atoms with van der Waals surface area (Å²) in [6, 6.07) is 16.8. The molecular formula is C19H22N2O2. The van der Waals surface area contributed by atoms with Crippen LogP contribution in [0.15, 0.2) is 48.5 Å². The first-order valence-corrected chi connectivity index (χ1v) is 8.10. The van der Waals surface area contributed by atoms with E-state index in [-0.39, 0.29) is 5.92 Å². The first kappa shape index (κ1) is 15.4. The molecule has 120 valence electrons. The zero-order valence-corrected chi connectivity index (χ0v) is 13.1. The standard InChI is InChI=1S/C19H22N2O2/c22-19(23)21-13-16-8-4-7-15-11-17(9-10-18(15)16)20-12-14-5-2-1-3-6-14/h1-3,5-6,9-11,16,20-21H,4,7-8,12-13H2,(H,22,23)/t16-/m0/s1. The van der Waals surface area contributed by atoms with E-state index in [4.69, 9.17) is 5.11 Å². The van der Waals surface area contributed by atoms with Crippen LogP contribution < -0.4 is 10.6 Å². The summed E-state index contributed by atoms with van der Waals surface area (Å²) in [7, 11) is 0. The molecule has 0 fully saturated rings. The molecule has 0 radical (unpaired) electrons. The van der Waals surface area contributed by atoms with Crippen molar-refractivity contribution in [3.63, 3.8) is 0 Å². The fraction of sp³-hybridized carbons (Fsp3) is 0.316. The Balaban J connectivity index is 1.67. The largest absolute Gasteiger partial charge is 0.465 e. The van der Waals surface area contributed by atoms with Gasteiger partial charge in [-0.15, -0.1) is 0 Å². The summed E-state index contributed by atoms with van der Waals surface area (Å²) in [6.45, 7) is 1.31. The van der Waals surface area contributed by atoms with E-state index in [0.717, 1.165) is 31.5 Å². The van der Waals surface area contributed by atoms with Crippen LogP contribution in [0.2, 0.25) is 0 Å². The third-order valence-electron chi connectivity index (χ3n) is 4.42. The number of benzene rings is 2. The first-order chi connectivity index (χ1) is 11.2. The molecule has 3 rings (SSSR count). The highest BCUT2D eigenvalue weighted by molar-refractivity contribution is 5.64. The second kappa shape index (κ2) is 7.18. The minimum absolute atomic E-state index is 0.290. The summed E-state index contributed by atoms with van der Waals surface area (Å²) >= 11 is 0. The Kier molecular flexibility index (Phi) is 4.81. The summed E-state index contributed by atoms with van der Waals surface area (Å²) in [4.78, 5) is 10.7. The number of fused-ring (bicyclic) bond motifs is 1. The van der Waals surface area contributed by atoms with Gasteiger partial charge in [0, 0.05) is 24.7 Å². The summed E-state index contributed by atoms with van der Waals surface area (Å²) in [5.74, 6) is 0.290. The quantitative estimate of drug-likeness (QED) is 0.782. The summed E-state index contributed by atoms with van der Waals surface area (Å²) in [5, 5.41) is 14.8. The van der Waals surface area contributed by atoms with Gasteiger partial charge in [0.1, 0.15) is 0 Å². The van der Waals surface area contributed by atoms with Crippen LogP contribution in [0.25, 0.3) is 0 Å². The van der Waals surface area contributed by atoms with E-state index < -0.39 is 6.09 Å². The molecule has 1 aliphatic rings. The van der Waals surface area contributed by atoms with Crippen molar-refractivity contribution in [2.24, 2.45) is 0 Å². The molecule has 3 N–H and O–H groups in total. The van der Waals surface area contributed by atoms with Gasteiger partial charge in [0.15, 0.2) is 0 Å².